The Bertz CT molecular complexity index is 581. The third-order valence-electron chi connectivity index (χ3n) is 8.38. The van der Waals surface area contributed by atoms with Gasteiger partial charge in [-0.1, -0.05) is 181 Å². The van der Waals surface area contributed by atoms with Crippen molar-refractivity contribution in [3.05, 3.63) is 0 Å². The first-order chi connectivity index (χ1) is 21.1. The molecular weight excluding hydrogens is 540 g/mol. The Morgan fingerprint density at radius 3 is 1.09 bits per heavy atom. The van der Waals surface area contributed by atoms with Gasteiger partial charge >= 0.3 is 11.9 Å². The van der Waals surface area contributed by atoms with Gasteiger partial charge in [0.2, 0.25) is 0 Å². The molecule has 0 bridgehead atoms. The average molecular weight is 613 g/mol. The molecule has 0 aromatic rings. The van der Waals surface area contributed by atoms with Crippen LogP contribution in [0.2, 0.25) is 0 Å². The maximum Gasteiger partial charge on any atom is 0.342 e. The molecule has 43 heavy (non-hydrogen) atoms. The fraction of sp³-hybridized carbons (Fsp3) is 0.946. The summed E-state index contributed by atoms with van der Waals surface area (Å²) in [6, 6.07) is 0. The van der Waals surface area contributed by atoms with E-state index in [4.69, 9.17) is 14.5 Å². The van der Waals surface area contributed by atoms with Crippen molar-refractivity contribution in [2.75, 3.05) is 13.2 Å². The molecule has 0 spiro atoms. The van der Waals surface area contributed by atoms with Crippen molar-refractivity contribution in [3.63, 3.8) is 0 Å². The smallest absolute Gasteiger partial charge is 0.342 e. The predicted octanol–water partition coefficient (Wildman–Crippen LogP) is 11.1. The number of hydrogen-bond donors (Lipinski definition) is 1. The van der Waals surface area contributed by atoms with Crippen LogP contribution in [0.1, 0.15) is 206 Å². The molecular formula is C37H72O6. The Morgan fingerprint density at radius 1 is 0.465 bits per heavy atom. The highest BCUT2D eigenvalue weighted by Gasteiger charge is 2.15. The molecule has 256 valence electrons. The molecule has 6 nitrogen and oxygen atoms in total. The van der Waals surface area contributed by atoms with Crippen LogP contribution >= 0.6 is 0 Å². The van der Waals surface area contributed by atoms with Crippen molar-refractivity contribution in [2.45, 2.75) is 213 Å². The first-order valence-corrected chi connectivity index (χ1v) is 18.8. The minimum Gasteiger partial charge on any atom is -0.463 e. The van der Waals surface area contributed by atoms with Crippen LogP contribution in [-0.4, -0.2) is 36.4 Å². The largest absolute Gasteiger partial charge is 0.463 e. The number of carbonyl (C=O) groups excluding carboxylic acids is 2. The first kappa shape index (κ1) is 41.9. The molecule has 6 heteroatoms. The van der Waals surface area contributed by atoms with Crippen LogP contribution in [0.15, 0.2) is 0 Å². The summed E-state index contributed by atoms with van der Waals surface area (Å²) in [5.74, 6) is -0.735. The molecule has 0 aliphatic rings. The lowest BCUT2D eigenvalue weighted by Crippen LogP contribution is -2.27. The minimum atomic E-state index is -0.847. The average Bonchev–Trinajstić information content (AvgIpc) is 3.01. The van der Waals surface area contributed by atoms with E-state index in [1.165, 1.54) is 141 Å². The summed E-state index contributed by atoms with van der Waals surface area (Å²) in [4.78, 5) is 33.8. The van der Waals surface area contributed by atoms with Gasteiger partial charge in [-0.3, -0.25) is 9.68 Å². The quantitative estimate of drug-likeness (QED) is 0.0332. The molecule has 1 atom stereocenters. The SMILES string of the molecule is CCCCCCCCCCCCCCCCCC(=O)OOC(CO)COC(=O)CCCCCCCCCCCCCCC. The molecule has 0 aromatic heterocycles. The third kappa shape index (κ3) is 33.6. The van der Waals surface area contributed by atoms with Gasteiger partial charge in [-0.2, -0.15) is 4.89 Å². The molecule has 0 fully saturated rings. The van der Waals surface area contributed by atoms with Crippen LogP contribution in [0, 0.1) is 0 Å². The Hall–Kier alpha value is -1.14. The zero-order valence-corrected chi connectivity index (χ0v) is 28.7. The summed E-state index contributed by atoms with van der Waals surface area (Å²) in [6.07, 6.45) is 35.4. The van der Waals surface area contributed by atoms with Crippen LogP contribution in [0.3, 0.4) is 0 Å². The number of unbranched alkanes of at least 4 members (excludes halogenated alkanes) is 26. The lowest BCUT2D eigenvalue weighted by molar-refractivity contribution is -0.307. The number of hydrogen-bond acceptors (Lipinski definition) is 6. The van der Waals surface area contributed by atoms with Crippen LogP contribution < -0.4 is 0 Å². The second-order valence-corrected chi connectivity index (χ2v) is 12.7. The Kier molecular flexibility index (Phi) is 34.4. The van der Waals surface area contributed by atoms with Crippen molar-refractivity contribution >= 4 is 11.9 Å². The van der Waals surface area contributed by atoms with E-state index in [1.54, 1.807) is 0 Å². The molecule has 0 aliphatic carbocycles. The van der Waals surface area contributed by atoms with Crippen molar-refractivity contribution in [1.82, 2.24) is 0 Å². The van der Waals surface area contributed by atoms with Gasteiger partial charge in [0.05, 0.1) is 6.61 Å². The summed E-state index contributed by atoms with van der Waals surface area (Å²) >= 11 is 0. The van der Waals surface area contributed by atoms with E-state index in [0.29, 0.717) is 12.8 Å². The highest BCUT2D eigenvalue weighted by Crippen LogP contribution is 2.15. The highest BCUT2D eigenvalue weighted by molar-refractivity contribution is 5.69. The van der Waals surface area contributed by atoms with E-state index >= 15 is 0 Å². The van der Waals surface area contributed by atoms with Crippen molar-refractivity contribution in [3.8, 4) is 0 Å². The number of aliphatic hydroxyl groups is 1. The van der Waals surface area contributed by atoms with Gasteiger partial charge in [0.25, 0.3) is 0 Å². The number of rotatable bonds is 35. The molecule has 1 N–H and O–H groups in total. The minimum absolute atomic E-state index is 0.111. The topological polar surface area (TPSA) is 82.1 Å². The van der Waals surface area contributed by atoms with Gasteiger partial charge in [0.1, 0.15) is 6.61 Å². The van der Waals surface area contributed by atoms with Gasteiger partial charge in [-0.05, 0) is 12.8 Å². The fourth-order valence-electron chi connectivity index (χ4n) is 5.46. The summed E-state index contributed by atoms with van der Waals surface area (Å²) in [5, 5.41) is 9.46. The molecule has 0 heterocycles. The van der Waals surface area contributed by atoms with Crippen LogP contribution in [0.5, 0.6) is 0 Å². The van der Waals surface area contributed by atoms with Gasteiger partial charge in [0.15, 0.2) is 6.10 Å². The van der Waals surface area contributed by atoms with Crippen LogP contribution in [-0.2, 0) is 24.1 Å². The highest BCUT2D eigenvalue weighted by atomic mass is 17.2. The van der Waals surface area contributed by atoms with Crippen molar-refractivity contribution < 1.29 is 29.2 Å². The lowest BCUT2D eigenvalue weighted by atomic mass is 10.0. The third-order valence-corrected chi connectivity index (χ3v) is 8.38. The van der Waals surface area contributed by atoms with E-state index in [-0.39, 0.29) is 19.2 Å². The van der Waals surface area contributed by atoms with Crippen LogP contribution in [0.25, 0.3) is 0 Å². The Morgan fingerprint density at radius 2 is 0.767 bits per heavy atom. The zero-order valence-electron chi connectivity index (χ0n) is 28.7. The number of carbonyl (C=O) groups is 2. The second kappa shape index (κ2) is 35.3. The van der Waals surface area contributed by atoms with E-state index in [0.717, 1.165) is 38.5 Å². The summed E-state index contributed by atoms with van der Waals surface area (Å²) in [6.45, 7) is 4.04. The van der Waals surface area contributed by atoms with E-state index < -0.39 is 12.1 Å². The van der Waals surface area contributed by atoms with E-state index in [1.807, 2.05) is 0 Å². The van der Waals surface area contributed by atoms with Gasteiger partial charge < -0.3 is 9.84 Å². The Balaban J connectivity index is 3.50. The van der Waals surface area contributed by atoms with E-state index in [2.05, 4.69) is 13.8 Å². The molecule has 0 rings (SSSR count). The molecule has 0 aromatic carbocycles. The molecule has 0 saturated heterocycles. The summed E-state index contributed by atoms with van der Waals surface area (Å²) in [7, 11) is 0. The summed E-state index contributed by atoms with van der Waals surface area (Å²) < 4.78 is 5.21. The zero-order chi connectivity index (χ0) is 31.5. The molecule has 0 radical (unpaired) electrons. The standard InChI is InChI=1S/C37H72O6/c1-3-5-7-9-11-13-15-17-18-20-22-24-26-28-30-32-37(40)43-42-35(33-38)34-41-36(39)31-29-27-25-23-21-19-16-14-12-10-8-6-4-2/h35,38H,3-34H2,1-2H3. The molecule has 1 unspecified atom stereocenters. The first-order valence-electron chi connectivity index (χ1n) is 18.8. The number of esters is 1. The summed E-state index contributed by atoms with van der Waals surface area (Å²) in [5.41, 5.74) is 0. The normalized spacial score (nSPS) is 12.0. The van der Waals surface area contributed by atoms with Gasteiger partial charge in [-0.15, -0.1) is 0 Å². The molecule has 0 saturated carbocycles. The fourth-order valence-corrected chi connectivity index (χ4v) is 5.46. The predicted molar refractivity (Wildman–Crippen MR) is 179 cm³/mol. The maximum absolute atomic E-state index is 12.0. The van der Waals surface area contributed by atoms with Gasteiger partial charge in [0, 0.05) is 12.8 Å². The molecule has 0 aliphatic heterocycles. The van der Waals surface area contributed by atoms with Crippen LogP contribution in [0.4, 0.5) is 0 Å². The Labute approximate surface area is 266 Å². The lowest BCUT2D eigenvalue weighted by Gasteiger charge is -2.14. The van der Waals surface area contributed by atoms with Crippen molar-refractivity contribution in [1.29, 1.82) is 0 Å². The maximum atomic E-state index is 12.0. The van der Waals surface area contributed by atoms with Gasteiger partial charge in [-0.25, -0.2) is 4.79 Å². The number of ether oxygens (including phenoxy) is 1. The second-order valence-electron chi connectivity index (χ2n) is 12.7. The molecule has 0 amide bonds. The van der Waals surface area contributed by atoms with E-state index in [9.17, 15) is 14.7 Å². The monoisotopic (exact) mass is 613 g/mol. The van der Waals surface area contributed by atoms with Crippen molar-refractivity contribution in [2.24, 2.45) is 0 Å². The number of aliphatic hydroxyl groups excluding tert-OH is 1.